The summed E-state index contributed by atoms with van der Waals surface area (Å²) >= 11 is 0. The van der Waals surface area contributed by atoms with Crippen LogP contribution in [0.2, 0.25) is 0 Å². The largest absolute Gasteiger partial charge is 0.416 e. The van der Waals surface area contributed by atoms with Gasteiger partial charge in [-0.15, -0.1) is 0 Å². The number of hydrogen-bond acceptors (Lipinski definition) is 5. The van der Waals surface area contributed by atoms with Crippen LogP contribution in [0.25, 0.3) is 11.4 Å². The van der Waals surface area contributed by atoms with E-state index in [-0.39, 0.29) is 24.2 Å². The molecule has 0 atom stereocenters. The molecule has 1 aromatic heterocycles. The monoisotopic (exact) mass is 452 g/mol. The number of aryl methyl sites for hydroxylation is 1. The minimum atomic E-state index is -4.41. The van der Waals surface area contributed by atoms with Crippen LogP contribution in [0.1, 0.15) is 27.4 Å². The molecule has 0 saturated carbocycles. The summed E-state index contributed by atoms with van der Waals surface area (Å²) < 4.78 is 43.4. The number of aromatic nitrogens is 2. The van der Waals surface area contributed by atoms with Crippen molar-refractivity contribution in [2.75, 3.05) is 10.6 Å². The van der Waals surface area contributed by atoms with E-state index in [0.29, 0.717) is 22.5 Å². The van der Waals surface area contributed by atoms with Crippen LogP contribution in [-0.4, -0.2) is 16.0 Å². The molecule has 0 spiro atoms. The van der Waals surface area contributed by atoms with Crippen molar-refractivity contribution in [3.63, 3.8) is 0 Å². The second-order valence-electron chi connectivity index (χ2n) is 7.29. The summed E-state index contributed by atoms with van der Waals surface area (Å²) in [7, 11) is 0. The van der Waals surface area contributed by atoms with E-state index in [4.69, 9.17) is 4.52 Å². The van der Waals surface area contributed by atoms with E-state index in [0.717, 1.165) is 17.7 Å². The van der Waals surface area contributed by atoms with Crippen molar-refractivity contribution in [2.45, 2.75) is 19.6 Å². The number of alkyl halides is 3. The zero-order valence-electron chi connectivity index (χ0n) is 17.5. The second kappa shape index (κ2) is 9.15. The molecule has 0 aliphatic heterocycles. The molecule has 1 amide bonds. The van der Waals surface area contributed by atoms with E-state index in [2.05, 4.69) is 20.8 Å². The number of halogens is 3. The van der Waals surface area contributed by atoms with Crippen molar-refractivity contribution in [1.29, 1.82) is 0 Å². The lowest BCUT2D eigenvalue weighted by molar-refractivity contribution is -0.137. The number of nitrogens with one attached hydrogen (secondary N) is 2. The molecule has 33 heavy (non-hydrogen) atoms. The van der Waals surface area contributed by atoms with Crippen molar-refractivity contribution in [1.82, 2.24) is 10.1 Å². The fourth-order valence-corrected chi connectivity index (χ4v) is 3.10. The predicted molar refractivity (Wildman–Crippen MR) is 118 cm³/mol. The first-order valence-electron chi connectivity index (χ1n) is 10.0. The van der Waals surface area contributed by atoms with Gasteiger partial charge in [-0.3, -0.25) is 4.79 Å². The number of hydrogen-bond donors (Lipinski definition) is 2. The third-order valence-corrected chi connectivity index (χ3v) is 4.90. The fourth-order valence-electron chi connectivity index (χ4n) is 3.10. The topological polar surface area (TPSA) is 80.0 Å². The minimum absolute atomic E-state index is 0.179. The van der Waals surface area contributed by atoms with E-state index in [9.17, 15) is 18.0 Å². The first-order valence-corrected chi connectivity index (χ1v) is 10.0. The molecule has 4 rings (SSSR count). The van der Waals surface area contributed by atoms with Crippen molar-refractivity contribution in [2.24, 2.45) is 0 Å². The van der Waals surface area contributed by atoms with Gasteiger partial charge in [-0.25, -0.2) is 0 Å². The van der Waals surface area contributed by atoms with Gasteiger partial charge >= 0.3 is 6.18 Å². The Hall–Kier alpha value is -4.14. The molecule has 0 fully saturated rings. The zero-order chi connectivity index (χ0) is 23.4. The van der Waals surface area contributed by atoms with Gasteiger partial charge in [-0.1, -0.05) is 41.6 Å². The Labute approximate surface area is 187 Å². The number of rotatable bonds is 6. The maximum absolute atomic E-state index is 12.7. The number of carbonyl (C=O) groups is 1. The molecule has 168 valence electrons. The molecule has 0 aliphatic carbocycles. The lowest BCUT2D eigenvalue weighted by atomic mass is 10.1. The number of amides is 1. The molecule has 6 nitrogen and oxygen atoms in total. The van der Waals surface area contributed by atoms with E-state index >= 15 is 0 Å². The first-order chi connectivity index (χ1) is 15.8. The second-order valence-corrected chi connectivity index (χ2v) is 7.29. The summed E-state index contributed by atoms with van der Waals surface area (Å²) in [6.45, 7) is 2.07. The van der Waals surface area contributed by atoms with Crippen LogP contribution in [0.15, 0.2) is 77.3 Å². The van der Waals surface area contributed by atoms with Crippen LogP contribution >= 0.6 is 0 Å². The van der Waals surface area contributed by atoms with Crippen LogP contribution in [-0.2, 0) is 12.7 Å². The standard InChI is InChI=1S/C24H19F3N4O2/c1-15-7-8-17(23(32)29-19-5-3-2-4-6-19)13-20(15)28-14-21-30-22(31-33-21)16-9-11-18(12-10-16)24(25,26)27/h2-13,28H,14H2,1H3,(H,29,32). The van der Waals surface area contributed by atoms with Crippen molar-refractivity contribution in [3.05, 3.63) is 95.4 Å². The summed E-state index contributed by atoms with van der Waals surface area (Å²) in [6.07, 6.45) is -4.41. The first kappa shape index (κ1) is 22.1. The minimum Gasteiger partial charge on any atom is -0.376 e. The maximum atomic E-state index is 12.7. The molecule has 4 aromatic rings. The van der Waals surface area contributed by atoms with E-state index in [1.807, 2.05) is 31.2 Å². The summed E-state index contributed by atoms with van der Waals surface area (Å²) in [5.74, 6) is 0.198. The quantitative estimate of drug-likeness (QED) is 0.379. The molecule has 9 heteroatoms. The average molecular weight is 452 g/mol. The van der Waals surface area contributed by atoms with Gasteiger partial charge < -0.3 is 15.2 Å². The Bertz CT molecular complexity index is 1250. The summed E-state index contributed by atoms with van der Waals surface area (Å²) in [5, 5.41) is 9.83. The van der Waals surface area contributed by atoms with Crippen LogP contribution in [0.4, 0.5) is 24.5 Å². The smallest absolute Gasteiger partial charge is 0.376 e. The van der Waals surface area contributed by atoms with Gasteiger partial charge in [0, 0.05) is 22.5 Å². The Morgan fingerprint density at radius 3 is 2.42 bits per heavy atom. The van der Waals surface area contributed by atoms with Gasteiger partial charge in [0.05, 0.1) is 12.1 Å². The third kappa shape index (κ3) is 5.38. The average Bonchev–Trinajstić information content (AvgIpc) is 3.28. The highest BCUT2D eigenvalue weighted by molar-refractivity contribution is 6.04. The van der Waals surface area contributed by atoms with E-state index in [1.54, 1.807) is 24.3 Å². The highest BCUT2D eigenvalue weighted by Gasteiger charge is 2.30. The molecular formula is C24H19F3N4O2. The summed E-state index contributed by atoms with van der Waals surface area (Å²) in [5.41, 5.74) is 2.46. The van der Waals surface area contributed by atoms with E-state index < -0.39 is 11.7 Å². The number of benzene rings is 3. The number of anilines is 2. The summed E-state index contributed by atoms with van der Waals surface area (Å²) in [4.78, 5) is 16.8. The Kier molecular flexibility index (Phi) is 6.12. The normalized spacial score (nSPS) is 11.3. The predicted octanol–water partition coefficient (Wildman–Crippen LogP) is 5.93. The van der Waals surface area contributed by atoms with Gasteiger partial charge in [0.15, 0.2) is 0 Å². The van der Waals surface area contributed by atoms with Crippen molar-refractivity contribution >= 4 is 17.3 Å². The molecule has 0 radical (unpaired) electrons. The molecule has 0 aliphatic rings. The molecule has 1 heterocycles. The van der Waals surface area contributed by atoms with Gasteiger partial charge in [0.25, 0.3) is 5.91 Å². The van der Waals surface area contributed by atoms with Crippen LogP contribution in [0.5, 0.6) is 0 Å². The molecular weight excluding hydrogens is 433 g/mol. The third-order valence-electron chi connectivity index (χ3n) is 4.90. The SMILES string of the molecule is Cc1ccc(C(=O)Nc2ccccc2)cc1NCc1nc(-c2ccc(C(F)(F)F)cc2)no1. The molecule has 2 N–H and O–H groups in total. The van der Waals surface area contributed by atoms with Gasteiger partial charge in [-0.2, -0.15) is 18.2 Å². The highest BCUT2D eigenvalue weighted by Crippen LogP contribution is 2.30. The molecule has 3 aromatic carbocycles. The van der Waals surface area contributed by atoms with Gasteiger partial charge in [-0.05, 0) is 48.9 Å². The Morgan fingerprint density at radius 2 is 1.73 bits per heavy atom. The van der Waals surface area contributed by atoms with Crippen LogP contribution in [0, 0.1) is 6.92 Å². The fraction of sp³-hybridized carbons (Fsp3) is 0.125. The maximum Gasteiger partial charge on any atom is 0.416 e. The highest BCUT2D eigenvalue weighted by atomic mass is 19.4. The zero-order valence-corrected chi connectivity index (χ0v) is 17.5. The summed E-state index contributed by atoms with van der Waals surface area (Å²) in [6, 6.07) is 18.9. The van der Waals surface area contributed by atoms with Gasteiger partial charge in [0.2, 0.25) is 11.7 Å². The van der Waals surface area contributed by atoms with Gasteiger partial charge in [0.1, 0.15) is 0 Å². The lowest BCUT2D eigenvalue weighted by Crippen LogP contribution is -2.12. The van der Waals surface area contributed by atoms with Crippen molar-refractivity contribution in [3.8, 4) is 11.4 Å². The number of carbonyl (C=O) groups excluding carboxylic acids is 1. The van der Waals surface area contributed by atoms with E-state index in [1.165, 1.54) is 12.1 Å². The number of para-hydroxylation sites is 1. The Morgan fingerprint density at radius 1 is 1.00 bits per heavy atom. The lowest BCUT2D eigenvalue weighted by Gasteiger charge is -2.10. The van der Waals surface area contributed by atoms with Crippen molar-refractivity contribution < 1.29 is 22.5 Å². The number of nitrogens with zero attached hydrogens (tertiary/aromatic N) is 2. The molecule has 0 unspecified atom stereocenters. The Balaban J connectivity index is 1.43. The molecule has 0 saturated heterocycles. The van der Waals surface area contributed by atoms with Crippen LogP contribution in [0.3, 0.4) is 0 Å². The molecule has 0 bridgehead atoms. The van der Waals surface area contributed by atoms with Crippen LogP contribution < -0.4 is 10.6 Å².